The molecule has 11 heavy (non-hydrogen) atoms. The third kappa shape index (κ3) is 6.17. The van der Waals surface area contributed by atoms with E-state index in [0.29, 0.717) is 0 Å². The molecule has 0 aliphatic carbocycles. The molecule has 0 spiro atoms. The first kappa shape index (κ1) is 10.8. The smallest absolute Gasteiger partial charge is 0.244 e. The van der Waals surface area contributed by atoms with Crippen LogP contribution in [0.3, 0.4) is 0 Å². The predicted molar refractivity (Wildman–Crippen MR) is 53.1 cm³/mol. The molecular formula is C9H20OSi. The Kier molecular flexibility index (Phi) is 5.29. The van der Waals surface area contributed by atoms with Crippen LogP contribution in [-0.4, -0.2) is 8.32 Å². The van der Waals surface area contributed by atoms with Gasteiger partial charge in [-0.2, -0.15) is 0 Å². The van der Waals surface area contributed by atoms with Gasteiger partial charge >= 0.3 is 0 Å². The Balaban J connectivity index is 3.62. The van der Waals surface area contributed by atoms with Crippen LogP contribution in [0.4, 0.5) is 0 Å². The second-order valence-electron chi connectivity index (χ2n) is 3.41. The van der Waals surface area contributed by atoms with Crippen LogP contribution in [-0.2, 0) is 4.43 Å². The molecule has 2 heteroatoms. The molecule has 0 heterocycles. The average molecular weight is 172 g/mol. The molecule has 0 aliphatic heterocycles. The third-order valence-corrected chi connectivity index (χ3v) is 4.05. The summed E-state index contributed by atoms with van der Waals surface area (Å²) in [5.74, 6) is 0. The molecule has 0 aromatic rings. The second kappa shape index (κ2) is 5.41. The Labute approximate surface area is 71.6 Å². The van der Waals surface area contributed by atoms with Gasteiger partial charge < -0.3 is 4.43 Å². The average Bonchev–Trinajstić information content (AvgIpc) is 1.87. The Hall–Kier alpha value is -0.243. The van der Waals surface area contributed by atoms with Crippen molar-refractivity contribution in [1.29, 1.82) is 0 Å². The fourth-order valence-corrected chi connectivity index (χ4v) is 2.78. The van der Waals surface area contributed by atoms with E-state index in [1.165, 1.54) is 12.5 Å². The Morgan fingerprint density at radius 3 is 2.36 bits per heavy atom. The van der Waals surface area contributed by atoms with Gasteiger partial charge in [-0.25, -0.2) is 0 Å². The van der Waals surface area contributed by atoms with E-state index in [1.807, 2.05) is 6.26 Å². The highest BCUT2D eigenvalue weighted by Gasteiger charge is 2.20. The summed E-state index contributed by atoms with van der Waals surface area (Å²) in [7, 11) is -1.33. The Morgan fingerprint density at radius 2 is 1.91 bits per heavy atom. The van der Waals surface area contributed by atoms with Gasteiger partial charge in [0.1, 0.15) is 0 Å². The molecule has 0 radical (unpaired) electrons. The molecule has 0 saturated carbocycles. The number of hydrogen-bond acceptors (Lipinski definition) is 1. The zero-order chi connectivity index (χ0) is 8.74. The fraction of sp³-hybridized carbons (Fsp3) is 0.778. The zero-order valence-electron chi connectivity index (χ0n) is 8.18. The first-order valence-corrected chi connectivity index (χ1v) is 7.56. The predicted octanol–water partition coefficient (Wildman–Crippen LogP) is 3.54. The number of rotatable bonds is 5. The normalized spacial score (nSPS) is 12.4. The van der Waals surface area contributed by atoms with Gasteiger partial charge in [-0.3, -0.25) is 0 Å². The molecule has 0 atom stereocenters. The lowest BCUT2D eigenvalue weighted by Crippen LogP contribution is -2.27. The van der Waals surface area contributed by atoms with E-state index in [9.17, 15) is 0 Å². The van der Waals surface area contributed by atoms with E-state index in [4.69, 9.17) is 4.43 Å². The first-order valence-electron chi connectivity index (χ1n) is 4.45. The summed E-state index contributed by atoms with van der Waals surface area (Å²) in [5.41, 5.74) is 0. The second-order valence-corrected chi connectivity index (χ2v) is 7.66. The van der Waals surface area contributed by atoms with Crippen LogP contribution in [0, 0.1) is 0 Å². The third-order valence-electron chi connectivity index (χ3n) is 1.57. The minimum absolute atomic E-state index is 1.07. The molecule has 0 aromatic carbocycles. The van der Waals surface area contributed by atoms with E-state index in [0.717, 1.165) is 6.42 Å². The van der Waals surface area contributed by atoms with Crippen molar-refractivity contribution in [2.24, 2.45) is 0 Å². The van der Waals surface area contributed by atoms with Gasteiger partial charge in [-0.15, -0.1) is 0 Å². The SMILES string of the molecule is CCC=CO[Si](C)(C)CCC. The molecular weight excluding hydrogens is 152 g/mol. The highest BCUT2D eigenvalue weighted by Crippen LogP contribution is 2.13. The van der Waals surface area contributed by atoms with Crippen molar-refractivity contribution in [3.05, 3.63) is 12.3 Å². The van der Waals surface area contributed by atoms with E-state index < -0.39 is 8.32 Å². The van der Waals surface area contributed by atoms with E-state index >= 15 is 0 Å². The number of allylic oxidation sites excluding steroid dienone is 1. The molecule has 0 fully saturated rings. The largest absolute Gasteiger partial charge is 0.550 e. The lowest BCUT2D eigenvalue weighted by atomic mass is 10.5. The maximum absolute atomic E-state index is 5.67. The summed E-state index contributed by atoms with van der Waals surface area (Å²) < 4.78 is 5.67. The summed E-state index contributed by atoms with van der Waals surface area (Å²) >= 11 is 0. The monoisotopic (exact) mass is 172 g/mol. The van der Waals surface area contributed by atoms with Gasteiger partial charge in [0.25, 0.3) is 0 Å². The fourth-order valence-electron chi connectivity index (χ4n) is 0.990. The topological polar surface area (TPSA) is 9.23 Å². The van der Waals surface area contributed by atoms with Crippen LogP contribution in [0.25, 0.3) is 0 Å². The van der Waals surface area contributed by atoms with E-state index in [-0.39, 0.29) is 0 Å². The highest BCUT2D eigenvalue weighted by atomic mass is 28.4. The van der Waals surface area contributed by atoms with E-state index in [1.54, 1.807) is 0 Å². The van der Waals surface area contributed by atoms with Crippen molar-refractivity contribution >= 4 is 8.32 Å². The summed E-state index contributed by atoms with van der Waals surface area (Å²) in [6, 6.07) is 1.25. The summed E-state index contributed by atoms with van der Waals surface area (Å²) in [4.78, 5) is 0. The molecule has 0 rings (SSSR count). The Morgan fingerprint density at radius 1 is 1.27 bits per heavy atom. The molecule has 1 nitrogen and oxygen atoms in total. The van der Waals surface area contributed by atoms with Gasteiger partial charge in [0.2, 0.25) is 8.32 Å². The molecule has 66 valence electrons. The molecule has 0 amide bonds. The molecule has 0 bridgehead atoms. The molecule has 0 unspecified atom stereocenters. The maximum Gasteiger partial charge on any atom is 0.244 e. The minimum Gasteiger partial charge on any atom is -0.550 e. The quantitative estimate of drug-likeness (QED) is 0.455. The van der Waals surface area contributed by atoms with Crippen molar-refractivity contribution in [2.45, 2.75) is 45.8 Å². The van der Waals surface area contributed by atoms with Gasteiger partial charge in [-0.1, -0.05) is 26.3 Å². The minimum atomic E-state index is -1.33. The standard InChI is InChI=1S/C9H20OSi/c1-5-7-8-10-11(3,4)9-6-2/h7-8H,5-6,9H2,1-4H3. The van der Waals surface area contributed by atoms with Gasteiger partial charge in [-0.05, 0) is 25.6 Å². The van der Waals surface area contributed by atoms with Gasteiger partial charge in [0.05, 0.1) is 6.26 Å². The highest BCUT2D eigenvalue weighted by molar-refractivity contribution is 6.71. The summed E-state index contributed by atoms with van der Waals surface area (Å²) in [6.07, 6.45) is 6.25. The molecule has 0 aliphatic rings. The van der Waals surface area contributed by atoms with Crippen LogP contribution < -0.4 is 0 Å². The van der Waals surface area contributed by atoms with Crippen LogP contribution in [0.2, 0.25) is 19.1 Å². The van der Waals surface area contributed by atoms with Crippen LogP contribution in [0.15, 0.2) is 12.3 Å². The maximum atomic E-state index is 5.67. The summed E-state index contributed by atoms with van der Waals surface area (Å²) in [6.45, 7) is 8.85. The van der Waals surface area contributed by atoms with Crippen molar-refractivity contribution in [3.8, 4) is 0 Å². The summed E-state index contributed by atoms with van der Waals surface area (Å²) in [5, 5.41) is 0. The Bertz CT molecular complexity index is 119. The van der Waals surface area contributed by atoms with Crippen LogP contribution in [0.1, 0.15) is 26.7 Å². The first-order chi connectivity index (χ1) is 5.12. The lowest BCUT2D eigenvalue weighted by Gasteiger charge is -2.20. The van der Waals surface area contributed by atoms with Crippen molar-refractivity contribution in [3.63, 3.8) is 0 Å². The molecule has 0 saturated heterocycles. The van der Waals surface area contributed by atoms with Crippen LogP contribution in [0.5, 0.6) is 0 Å². The van der Waals surface area contributed by atoms with E-state index in [2.05, 4.69) is 33.0 Å². The molecule has 0 aromatic heterocycles. The molecule has 0 N–H and O–H groups in total. The van der Waals surface area contributed by atoms with Gasteiger partial charge in [0, 0.05) is 0 Å². The lowest BCUT2D eigenvalue weighted by molar-refractivity contribution is 0.467. The van der Waals surface area contributed by atoms with Gasteiger partial charge in [0.15, 0.2) is 0 Å². The van der Waals surface area contributed by atoms with Crippen molar-refractivity contribution in [2.75, 3.05) is 0 Å². The van der Waals surface area contributed by atoms with Crippen LogP contribution >= 0.6 is 0 Å². The zero-order valence-corrected chi connectivity index (χ0v) is 9.18. The van der Waals surface area contributed by atoms with Crippen molar-refractivity contribution in [1.82, 2.24) is 0 Å². The van der Waals surface area contributed by atoms with Crippen molar-refractivity contribution < 1.29 is 4.43 Å². The number of hydrogen-bond donors (Lipinski definition) is 0.